The van der Waals surface area contributed by atoms with Crippen molar-refractivity contribution in [3.8, 4) is 11.5 Å². The molecule has 0 amide bonds. The monoisotopic (exact) mass is 419 g/mol. The quantitative estimate of drug-likeness (QED) is 0.294. The number of guanidine groups is 1. The van der Waals surface area contributed by atoms with Gasteiger partial charge < -0.3 is 20.5 Å². The fraction of sp³-hybridized carbons (Fsp3) is 0.438. The Kier molecular flexibility index (Phi) is 10.4. The van der Waals surface area contributed by atoms with Crippen LogP contribution < -0.4 is 20.5 Å². The highest BCUT2D eigenvalue weighted by Crippen LogP contribution is 2.33. The van der Waals surface area contributed by atoms with Gasteiger partial charge in [0, 0.05) is 12.1 Å². The van der Waals surface area contributed by atoms with E-state index < -0.39 is 0 Å². The van der Waals surface area contributed by atoms with Gasteiger partial charge in [-0.1, -0.05) is 13.0 Å². The van der Waals surface area contributed by atoms with Crippen molar-refractivity contribution in [2.45, 2.75) is 26.3 Å². The number of allylic oxidation sites excluding steroid dienone is 1. The number of benzene rings is 1. The average molecular weight is 419 g/mol. The predicted molar refractivity (Wildman–Crippen MR) is 102 cm³/mol. The normalized spacial score (nSPS) is 10.6. The maximum atomic E-state index is 5.80. The summed E-state index contributed by atoms with van der Waals surface area (Å²) >= 11 is 0. The Bertz CT molecular complexity index is 504. The minimum absolute atomic E-state index is 0. The van der Waals surface area contributed by atoms with Gasteiger partial charge in [-0.2, -0.15) is 0 Å². The van der Waals surface area contributed by atoms with Crippen LogP contribution in [0.4, 0.5) is 0 Å². The lowest BCUT2D eigenvalue weighted by atomic mass is 10.1. The summed E-state index contributed by atoms with van der Waals surface area (Å²) < 4.78 is 10.8. The molecule has 0 fully saturated rings. The molecule has 1 aromatic rings. The van der Waals surface area contributed by atoms with Gasteiger partial charge in [0.1, 0.15) is 0 Å². The molecule has 6 heteroatoms. The Morgan fingerprint density at radius 2 is 2.09 bits per heavy atom. The fourth-order valence-electron chi connectivity index (χ4n) is 1.99. The van der Waals surface area contributed by atoms with Crippen LogP contribution in [0.3, 0.4) is 0 Å². The molecule has 0 saturated carbocycles. The van der Waals surface area contributed by atoms with E-state index in [0.29, 0.717) is 24.7 Å². The summed E-state index contributed by atoms with van der Waals surface area (Å²) in [5.41, 5.74) is 7.84. The lowest BCUT2D eigenvalue weighted by Gasteiger charge is -2.14. The lowest BCUT2D eigenvalue weighted by Crippen LogP contribution is -2.32. The number of nitrogens with zero attached hydrogens (tertiary/aromatic N) is 1. The van der Waals surface area contributed by atoms with Crippen LogP contribution in [-0.4, -0.2) is 26.7 Å². The van der Waals surface area contributed by atoms with Crippen molar-refractivity contribution >= 4 is 29.9 Å². The van der Waals surface area contributed by atoms with E-state index in [4.69, 9.17) is 15.2 Å². The van der Waals surface area contributed by atoms with Gasteiger partial charge in [0.25, 0.3) is 0 Å². The van der Waals surface area contributed by atoms with Crippen LogP contribution in [0.25, 0.3) is 0 Å². The number of aliphatic imine (C=N–C) groups is 1. The zero-order valence-electron chi connectivity index (χ0n) is 13.5. The van der Waals surface area contributed by atoms with Crippen LogP contribution in [0.1, 0.15) is 24.5 Å². The molecule has 0 spiro atoms. The summed E-state index contributed by atoms with van der Waals surface area (Å²) in [7, 11) is 3.26. The second kappa shape index (κ2) is 11.2. The molecule has 22 heavy (non-hydrogen) atoms. The second-order valence-corrected chi connectivity index (χ2v) is 4.61. The number of halogens is 1. The van der Waals surface area contributed by atoms with Gasteiger partial charge in [-0.25, -0.2) is 4.99 Å². The molecule has 0 saturated heterocycles. The largest absolute Gasteiger partial charge is 0.493 e. The van der Waals surface area contributed by atoms with Crippen molar-refractivity contribution in [3.05, 3.63) is 35.9 Å². The summed E-state index contributed by atoms with van der Waals surface area (Å²) in [6.07, 6.45) is 3.55. The Hall–Kier alpha value is -1.44. The Balaban J connectivity index is 0.00000441. The van der Waals surface area contributed by atoms with E-state index in [-0.39, 0.29) is 24.0 Å². The van der Waals surface area contributed by atoms with Crippen LogP contribution >= 0.6 is 24.0 Å². The van der Waals surface area contributed by atoms with Crippen LogP contribution in [0.15, 0.2) is 29.8 Å². The summed E-state index contributed by atoms with van der Waals surface area (Å²) in [5, 5.41) is 3.05. The van der Waals surface area contributed by atoms with Crippen molar-refractivity contribution in [1.82, 2.24) is 5.32 Å². The molecule has 5 nitrogen and oxygen atoms in total. The van der Waals surface area contributed by atoms with Gasteiger partial charge in [-0.15, -0.1) is 30.6 Å². The molecule has 0 radical (unpaired) electrons. The molecule has 0 bridgehead atoms. The van der Waals surface area contributed by atoms with Crippen molar-refractivity contribution < 1.29 is 9.47 Å². The summed E-state index contributed by atoms with van der Waals surface area (Å²) in [4.78, 5) is 4.33. The third-order valence-corrected chi connectivity index (χ3v) is 2.97. The highest BCUT2D eigenvalue weighted by atomic mass is 127. The van der Waals surface area contributed by atoms with Gasteiger partial charge in [0.2, 0.25) is 0 Å². The molecular formula is C16H26IN3O2. The number of nitrogens with one attached hydrogen (secondary N) is 1. The number of hydrogen-bond acceptors (Lipinski definition) is 3. The molecule has 1 rings (SSSR count). The van der Waals surface area contributed by atoms with Gasteiger partial charge in [-0.3, -0.25) is 0 Å². The van der Waals surface area contributed by atoms with Crippen LogP contribution in [0.5, 0.6) is 11.5 Å². The molecule has 124 valence electrons. The maximum absolute atomic E-state index is 5.80. The van der Waals surface area contributed by atoms with Gasteiger partial charge >= 0.3 is 0 Å². The van der Waals surface area contributed by atoms with Gasteiger partial charge in [0.15, 0.2) is 17.5 Å². The van der Waals surface area contributed by atoms with E-state index in [1.807, 2.05) is 18.2 Å². The number of rotatable bonds is 8. The highest BCUT2D eigenvalue weighted by Gasteiger charge is 2.11. The molecule has 0 aliphatic heterocycles. The van der Waals surface area contributed by atoms with Crippen LogP contribution in [0.2, 0.25) is 0 Å². The third-order valence-electron chi connectivity index (χ3n) is 2.97. The number of nitrogens with two attached hydrogens (primary N) is 1. The standard InChI is InChI=1S/C16H25N3O2.HI/c1-5-7-13-9-12(10-14(20-3)15(13)21-4)11-19-16(17)18-8-6-2;/h5,9-10H,1,6-8,11H2,2-4H3,(H3,17,18,19);1H. The Labute approximate surface area is 150 Å². The lowest BCUT2D eigenvalue weighted by molar-refractivity contribution is 0.352. The summed E-state index contributed by atoms with van der Waals surface area (Å²) in [6.45, 7) is 7.17. The Morgan fingerprint density at radius 3 is 2.64 bits per heavy atom. The molecule has 0 atom stereocenters. The SMILES string of the molecule is C=CCc1cc(CN=C(N)NCCC)cc(OC)c1OC.I. The van der Waals surface area contributed by atoms with Crippen molar-refractivity contribution in [2.75, 3.05) is 20.8 Å². The van der Waals surface area contributed by atoms with E-state index in [9.17, 15) is 0 Å². The molecule has 0 aromatic heterocycles. The van der Waals surface area contributed by atoms with E-state index in [1.165, 1.54) is 0 Å². The zero-order chi connectivity index (χ0) is 15.7. The summed E-state index contributed by atoms with van der Waals surface area (Å²) in [5.74, 6) is 1.89. The van der Waals surface area contributed by atoms with E-state index in [0.717, 1.165) is 29.8 Å². The third kappa shape index (κ3) is 6.13. The average Bonchev–Trinajstić information content (AvgIpc) is 2.50. The minimum Gasteiger partial charge on any atom is -0.493 e. The molecular weight excluding hydrogens is 393 g/mol. The molecule has 3 N–H and O–H groups in total. The maximum Gasteiger partial charge on any atom is 0.188 e. The van der Waals surface area contributed by atoms with Crippen LogP contribution in [0, 0.1) is 0 Å². The van der Waals surface area contributed by atoms with Gasteiger partial charge in [-0.05, 0) is 30.5 Å². The highest BCUT2D eigenvalue weighted by molar-refractivity contribution is 14.0. The van der Waals surface area contributed by atoms with Crippen molar-refractivity contribution in [3.63, 3.8) is 0 Å². The van der Waals surface area contributed by atoms with E-state index in [1.54, 1.807) is 14.2 Å². The van der Waals surface area contributed by atoms with Gasteiger partial charge in [0.05, 0.1) is 20.8 Å². The topological polar surface area (TPSA) is 68.9 Å². The molecule has 0 heterocycles. The summed E-state index contributed by atoms with van der Waals surface area (Å²) in [6, 6.07) is 3.96. The molecule has 0 aliphatic rings. The number of methoxy groups -OCH3 is 2. The first-order valence-electron chi connectivity index (χ1n) is 7.04. The minimum atomic E-state index is 0. The first-order chi connectivity index (χ1) is 10.2. The van der Waals surface area contributed by atoms with Crippen LogP contribution in [-0.2, 0) is 13.0 Å². The van der Waals surface area contributed by atoms with Crippen molar-refractivity contribution in [2.24, 2.45) is 10.7 Å². The zero-order valence-corrected chi connectivity index (χ0v) is 15.8. The Morgan fingerprint density at radius 1 is 1.36 bits per heavy atom. The first kappa shape index (κ1) is 20.6. The van der Waals surface area contributed by atoms with E-state index >= 15 is 0 Å². The van der Waals surface area contributed by atoms with E-state index in [2.05, 4.69) is 23.8 Å². The fourth-order valence-corrected chi connectivity index (χ4v) is 1.99. The molecule has 0 unspecified atom stereocenters. The molecule has 1 aromatic carbocycles. The smallest absolute Gasteiger partial charge is 0.188 e. The number of hydrogen-bond donors (Lipinski definition) is 2. The predicted octanol–water partition coefficient (Wildman–Crippen LogP) is 2.86. The first-order valence-corrected chi connectivity index (χ1v) is 7.04. The molecule has 0 aliphatic carbocycles. The number of ether oxygens (including phenoxy) is 2. The second-order valence-electron chi connectivity index (χ2n) is 4.61. The van der Waals surface area contributed by atoms with Crippen molar-refractivity contribution in [1.29, 1.82) is 0 Å².